The Balaban J connectivity index is 2.44. The summed E-state index contributed by atoms with van der Waals surface area (Å²) >= 11 is 0. The maximum absolute atomic E-state index is 9.29. The van der Waals surface area contributed by atoms with Crippen molar-refractivity contribution in [2.45, 2.75) is 58.7 Å². The minimum absolute atomic E-state index is 0.173. The average molecular weight is 239 g/mol. The third-order valence-electron chi connectivity index (χ3n) is 2.78. The van der Waals surface area contributed by atoms with Gasteiger partial charge in [-0.05, 0) is 12.8 Å². The molecule has 1 aromatic rings. The van der Waals surface area contributed by atoms with Crippen molar-refractivity contribution in [1.82, 2.24) is 14.9 Å². The smallest absolute Gasteiger partial charge is 0.108 e. The Kier molecular flexibility index (Phi) is 6.22. The molecule has 1 heterocycles. The fourth-order valence-electron chi connectivity index (χ4n) is 1.99. The molecule has 1 rings (SSSR count). The standard InChI is InChI=1S/C13H25N3O/c1-4-5-13-14-7-9-16(13)8-6-12(10-17)15-11(2)3/h7,9,11-12,15,17H,4-6,8,10H2,1-3H3. The number of aliphatic hydroxyl groups is 1. The van der Waals surface area contributed by atoms with Gasteiger partial charge < -0.3 is 15.0 Å². The lowest BCUT2D eigenvalue weighted by Gasteiger charge is -2.19. The van der Waals surface area contributed by atoms with E-state index in [0.29, 0.717) is 6.04 Å². The molecule has 2 N–H and O–H groups in total. The highest BCUT2D eigenvalue weighted by Crippen LogP contribution is 2.04. The van der Waals surface area contributed by atoms with Crippen LogP contribution in [0.2, 0.25) is 0 Å². The van der Waals surface area contributed by atoms with Crippen LogP contribution >= 0.6 is 0 Å². The molecular formula is C13H25N3O. The molecule has 0 aliphatic heterocycles. The summed E-state index contributed by atoms with van der Waals surface area (Å²) in [6.07, 6.45) is 6.95. The van der Waals surface area contributed by atoms with E-state index in [1.165, 1.54) is 0 Å². The van der Waals surface area contributed by atoms with Crippen LogP contribution in [0.1, 0.15) is 39.4 Å². The van der Waals surface area contributed by atoms with Crippen LogP contribution in [0.15, 0.2) is 12.4 Å². The molecule has 17 heavy (non-hydrogen) atoms. The summed E-state index contributed by atoms with van der Waals surface area (Å²) in [7, 11) is 0. The summed E-state index contributed by atoms with van der Waals surface area (Å²) in [5, 5.41) is 12.6. The van der Waals surface area contributed by atoms with Gasteiger partial charge in [-0.2, -0.15) is 0 Å². The molecule has 0 aliphatic carbocycles. The summed E-state index contributed by atoms with van der Waals surface area (Å²) in [6, 6.07) is 0.580. The molecular weight excluding hydrogens is 214 g/mol. The van der Waals surface area contributed by atoms with E-state index in [1.54, 1.807) is 0 Å². The molecule has 4 heteroatoms. The minimum Gasteiger partial charge on any atom is -0.395 e. The molecule has 0 spiro atoms. The number of aromatic nitrogens is 2. The number of aryl methyl sites for hydroxylation is 2. The molecule has 0 bridgehead atoms. The van der Waals surface area contributed by atoms with E-state index in [2.05, 4.69) is 35.6 Å². The SMILES string of the molecule is CCCc1nccn1CCC(CO)NC(C)C. The van der Waals surface area contributed by atoms with Gasteiger partial charge in [0.1, 0.15) is 5.82 Å². The number of hydrogen-bond donors (Lipinski definition) is 2. The number of nitrogens with zero attached hydrogens (tertiary/aromatic N) is 2. The summed E-state index contributed by atoms with van der Waals surface area (Å²) in [4.78, 5) is 4.35. The molecule has 0 radical (unpaired) electrons. The molecule has 0 fully saturated rings. The third kappa shape index (κ3) is 4.88. The van der Waals surface area contributed by atoms with E-state index < -0.39 is 0 Å². The zero-order valence-electron chi connectivity index (χ0n) is 11.2. The van der Waals surface area contributed by atoms with Gasteiger partial charge in [0, 0.05) is 37.4 Å². The first kappa shape index (κ1) is 14.2. The van der Waals surface area contributed by atoms with Crippen LogP contribution in [-0.4, -0.2) is 33.3 Å². The molecule has 4 nitrogen and oxygen atoms in total. The largest absolute Gasteiger partial charge is 0.395 e. The summed E-state index contributed by atoms with van der Waals surface area (Å²) < 4.78 is 2.19. The molecule has 0 aliphatic rings. The first-order valence-electron chi connectivity index (χ1n) is 6.54. The van der Waals surface area contributed by atoms with Crippen LogP contribution in [0.5, 0.6) is 0 Å². The monoisotopic (exact) mass is 239 g/mol. The van der Waals surface area contributed by atoms with Gasteiger partial charge in [-0.1, -0.05) is 20.8 Å². The zero-order valence-corrected chi connectivity index (χ0v) is 11.2. The highest BCUT2D eigenvalue weighted by molar-refractivity contribution is 4.92. The molecule has 0 saturated carbocycles. The second-order valence-electron chi connectivity index (χ2n) is 4.78. The highest BCUT2D eigenvalue weighted by Gasteiger charge is 2.09. The maximum Gasteiger partial charge on any atom is 0.108 e. The third-order valence-corrected chi connectivity index (χ3v) is 2.78. The van der Waals surface area contributed by atoms with Crippen molar-refractivity contribution in [2.24, 2.45) is 0 Å². The first-order chi connectivity index (χ1) is 8.17. The molecule has 0 saturated heterocycles. The van der Waals surface area contributed by atoms with Crippen molar-refractivity contribution < 1.29 is 5.11 Å². The Morgan fingerprint density at radius 2 is 2.24 bits per heavy atom. The summed E-state index contributed by atoms with van der Waals surface area (Å²) in [6.45, 7) is 7.47. The highest BCUT2D eigenvalue weighted by atomic mass is 16.3. The van der Waals surface area contributed by atoms with E-state index in [9.17, 15) is 5.11 Å². The van der Waals surface area contributed by atoms with Crippen molar-refractivity contribution in [3.05, 3.63) is 18.2 Å². The van der Waals surface area contributed by atoms with Crippen molar-refractivity contribution in [2.75, 3.05) is 6.61 Å². The van der Waals surface area contributed by atoms with Gasteiger partial charge in [0.05, 0.1) is 6.61 Å². The van der Waals surface area contributed by atoms with Crippen molar-refractivity contribution in [3.63, 3.8) is 0 Å². The van der Waals surface area contributed by atoms with Crippen molar-refractivity contribution in [1.29, 1.82) is 0 Å². The van der Waals surface area contributed by atoms with E-state index >= 15 is 0 Å². The molecule has 1 aromatic heterocycles. The summed E-state index contributed by atoms with van der Waals surface area (Å²) in [5.74, 6) is 1.15. The van der Waals surface area contributed by atoms with E-state index in [-0.39, 0.29) is 12.6 Å². The predicted molar refractivity (Wildman–Crippen MR) is 70.0 cm³/mol. The van der Waals surface area contributed by atoms with Gasteiger partial charge in [0.2, 0.25) is 0 Å². The quantitative estimate of drug-likeness (QED) is 0.724. The van der Waals surface area contributed by atoms with E-state index in [0.717, 1.165) is 31.6 Å². The molecule has 1 unspecified atom stereocenters. The van der Waals surface area contributed by atoms with Gasteiger partial charge >= 0.3 is 0 Å². The Morgan fingerprint density at radius 3 is 2.82 bits per heavy atom. The topological polar surface area (TPSA) is 50.1 Å². The number of nitrogens with one attached hydrogen (secondary N) is 1. The van der Waals surface area contributed by atoms with Crippen molar-refractivity contribution in [3.8, 4) is 0 Å². The van der Waals surface area contributed by atoms with E-state index in [1.807, 2.05) is 12.4 Å². The second-order valence-corrected chi connectivity index (χ2v) is 4.78. The van der Waals surface area contributed by atoms with Crippen LogP contribution in [-0.2, 0) is 13.0 Å². The Labute approximate surface area is 104 Å². The average Bonchev–Trinajstić information content (AvgIpc) is 2.72. The van der Waals surface area contributed by atoms with Gasteiger partial charge in [0.25, 0.3) is 0 Å². The maximum atomic E-state index is 9.29. The van der Waals surface area contributed by atoms with Gasteiger partial charge in [0.15, 0.2) is 0 Å². The van der Waals surface area contributed by atoms with Crippen LogP contribution < -0.4 is 5.32 Å². The minimum atomic E-state index is 0.173. The number of rotatable bonds is 8. The molecule has 1 atom stereocenters. The second kappa shape index (κ2) is 7.45. The molecule has 98 valence electrons. The molecule has 0 amide bonds. The molecule has 0 aromatic carbocycles. The Morgan fingerprint density at radius 1 is 1.47 bits per heavy atom. The Hall–Kier alpha value is -0.870. The van der Waals surface area contributed by atoms with Crippen LogP contribution in [0, 0.1) is 0 Å². The first-order valence-corrected chi connectivity index (χ1v) is 6.54. The lowest BCUT2D eigenvalue weighted by molar-refractivity contribution is 0.223. The number of hydrogen-bond acceptors (Lipinski definition) is 3. The lowest BCUT2D eigenvalue weighted by atomic mass is 10.2. The van der Waals surface area contributed by atoms with E-state index in [4.69, 9.17) is 0 Å². The van der Waals surface area contributed by atoms with Gasteiger partial charge in [-0.3, -0.25) is 0 Å². The Bertz CT molecular complexity index is 309. The number of aliphatic hydroxyl groups excluding tert-OH is 1. The fourth-order valence-corrected chi connectivity index (χ4v) is 1.99. The fraction of sp³-hybridized carbons (Fsp3) is 0.769. The van der Waals surface area contributed by atoms with Crippen LogP contribution in [0.25, 0.3) is 0 Å². The lowest BCUT2D eigenvalue weighted by Crippen LogP contribution is -2.38. The number of imidazole rings is 1. The van der Waals surface area contributed by atoms with Crippen LogP contribution in [0.3, 0.4) is 0 Å². The normalized spacial score (nSPS) is 13.2. The predicted octanol–water partition coefficient (Wildman–Crippen LogP) is 1.58. The zero-order chi connectivity index (χ0) is 12.7. The van der Waals surface area contributed by atoms with Crippen molar-refractivity contribution >= 4 is 0 Å². The van der Waals surface area contributed by atoms with Gasteiger partial charge in [-0.15, -0.1) is 0 Å². The van der Waals surface area contributed by atoms with Gasteiger partial charge in [-0.25, -0.2) is 4.98 Å². The van der Waals surface area contributed by atoms with Crippen LogP contribution in [0.4, 0.5) is 0 Å². The summed E-state index contributed by atoms with van der Waals surface area (Å²) in [5.41, 5.74) is 0.